The van der Waals surface area contributed by atoms with E-state index in [2.05, 4.69) is 5.32 Å². The Labute approximate surface area is 141 Å². The molecule has 1 heterocycles. The quantitative estimate of drug-likeness (QED) is 0.790. The minimum atomic E-state index is -4.47. The zero-order valence-corrected chi connectivity index (χ0v) is 13.3. The number of piperidine rings is 1. The van der Waals surface area contributed by atoms with Crippen LogP contribution in [-0.4, -0.2) is 36.2 Å². The molecule has 1 saturated heterocycles. The zero-order valence-electron chi connectivity index (χ0n) is 13.3. The van der Waals surface area contributed by atoms with Gasteiger partial charge in [0.15, 0.2) is 0 Å². The summed E-state index contributed by atoms with van der Waals surface area (Å²) in [5.74, 6) is 0. The van der Waals surface area contributed by atoms with Crippen LogP contribution >= 0.6 is 0 Å². The van der Waals surface area contributed by atoms with Crippen molar-refractivity contribution in [1.82, 2.24) is 10.2 Å². The molecule has 0 saturated carbocycles. The molecule has 2 rings (SSSR count). The van der Waals surface area contributed by atoms with Crippen LogP contribution in [0.4, 0.5) is 31.1 Å². The lowest BCUT2D eigenvalue weighted by molar-refractivity contribution is -0.182. The Kier molecular flexibility index (Phi) is 5.84. The van der Waals surface area contributed by atoms with Gasteiger partial charge < -0.3 is 10.2 Å². The van der Waals surface area contributed by atoms with Crippen molar-refractivity contribution in [1.29, 1.82) is 0 Å². The summed E-state index contributed by atoms with van der Waals surface area (Å²) in [6.07, 6.45) is -7.85. The van der Waals surface area contributed by atoms with Crippen LogP contribution in [0.1, 0.15) is 30.4 Å². The third kappa shape index (κ3) is 5.27. The van der Waals surface area contributed by atoms with E-state index in [1.165, 1.54) is 12.1 Å². The number of nitrogens with one attached hydrogen (secondary N) is 1. The first-order valence-corrected chi connectivity index (χ1v) is 7.86. The van der Waals surface area contributed by atoms with Crippen LogP contribution < -0.4 is 5.32 Å². The largest absolute Gasteiger partial charge is 0.416 e. The van der Waals surface area contributed by atoms with E-state index in [-0.39, 0.29) is 25.9 Å². The van der Waals surface area contributed by atoms with Crippen molar-refractivity contribution >= 4 is 6.03 Å². The van der Waals surface area contributed by atoms with Crippen LogP contribution in [0.5, 0.6) is 0 Å². The number of alkyl halides is 6. The summed E-state index contributed by atoms with van der Waals surface area (Å²) in [6, 6.07) is 1.85. The molecule has 1 aromatic carbocycles. The van der Waals surface area contributed by atoms with Gasteiger partial charge in [-0.3, -0.25) is 0 Å². The molecule has 1 aliphatic rings. The molecule has 140 valence electrons. The molecule has 3 nitrogen and oxygen atoms in total. The van der Waals surface area contributed by atoms with E-state index in [1.807, 2.05) is 0 Å². The fourth-order valence-corrected chi connectivity index (χ4v) is 2.79. The lowest BCUT2D eigenvalue weighted by atomic mass is 10.0. The smallest absolute Gasteiger partial charge is 0.338 e. The van der Waals surface area contributed by atoms with E-state index < -0.39 is 30.0 Å². The van der Waals surface area contributed by atoms with Gasteiger partial charge in [0.05, 0.1) is 5.56 Å². The summed E-state index contributed by atoms with van der Waals surface area (Å²) < 4.78 is 76.3. The van der Waals surface area contributed by atoms with Gasteiger partial charge in [-0.15, -0.1) is 0 Å². The Bertz CT molecular complexity index is 582. The maximum atomic E-state index is 13.0. The Balaban J connectivity index is 1.87. The third-order valence-electron chi connectivity index (χ3n) is 4.11. The first-order valence-electron chi connectivity index (χ1n) is 7.86. The molecule has 0 radical (unpaired) electrons. The molecule has 0 bridgehead atoms. The van der Waals surface area contributed by atoms with Gasteiger partial charge in [-0.2, -0.15) is 26.3 Å². The van der Waals surface area contributed by atoms with Crippen LogP contribution in [0, 0.1) is 0 Å². The fourth-order valence-electron chi connectivity index (χ4n) is 2.79. The highest BCUT2D eigenvalue weighted by molar-refractivity contribution is 5.74. The van der Waals surface area contributed by atoms with Gasteiger partial charge in [0.2, 0.25) is 0 Å². The number of hydrogen-bond donors (Lipinski definition) is 1. The van der Waals surface area contributed by atoms with Gasteiger partial charge in [-0.05, 0) is 43.4 Å². The molecule has 1 atom stereocenters. The maximum absolute atomic E-state index is 13.0. The van der Waals surface area contributed by atoms with Crippen LogP contribution in [0.2, 0.25) is 0 Å². The second-order valence-electron chi connectivity index (χ2n) is 5.92. The molecule has 1 unspecified atom stereocenters. The van der Waals surface area contributed by atoms with E-state index in [0.29, 0.717) is 18.4 Å². The topological polar surface area (TPSA) is 32.3 Å². The summed E-state index contributed by atoms with van der Waals surface area (Å²) in [5.41, 5.74) is -0.221. The van der Waals surface area contributed by atoms with Crippen molar-refractivity contribution in [2.24, 2.45) is 0 Å². The molecular formula is C16H18F6N2O. The van der Waals surface area contributed by atoms with Crippen molar-refractivity contribution < 1.29 is 31.1 Å². The lowest BCUT2D eigenvalue weighted by Gasteiger charge is -2.36. The Hall–Kier alpha value is -1.93. The van der Waals surface area contributed by atoms with Gasteiger partial charge >= 0.3 is 18.4 Å². The highest BCUT2D eigenvalue weighted by atomic mass is 19.4. The molecular weight excluding hydrogens is 350 g/mol. The number of nitrogens with zero attached hydrogens (tertiary/aromatic N) is 1. The fraction of sp³-hybridized carbons (Fsp3) is 0.562. The third-order valence-corrected chi connectivity index (χ3v) is 4.11. The Morgan fingerprint density at radius 3 is 2.28 bits per heavy atom. The van der Waals surface area contributed by atoms with E-state index in [4.69, 9.17) is 0 Å². The summed E-state index contributed by atoms with van der Waals surface area (Å²) >= 11 is 0. The average molecular weight is 368 g/mol. The normalized spacial score (nSPS) is 19.0. The first kappa shape index (κ1) is 19.4. The van der Waals surface area contributed by atoms with Crippen molar-refractivity contribution in [3.8, 4) is 0 Å². The van der Waals surface area contributed by atoms with E-state index in [0.717, 1.165) is 17.0 Å². The molecule has 2 amide bonds. The number of carbonyl (C=O) groups is 1. The molecule has 9 heteroatoms. The highest BCUT2D eigenvalue weighted by Crippen LogP contribution is 2.32. The number of benzene rings is 1. The number of rotatable bonds is 3. The minimum absolute atomic E-state index is 0.0380. The maximum Gasteiger partial charge on any atom is 0.416 e. The average Bonchev–Trinajstić information content (AvgIpc) is 2.53. The number of amides is 2. The predicted molar refractivity (Wildman–Crippen MR) is 78.9 cm³/mol. The van der Waals surface area contributed by atoms with E-state index in [1.54, 1.807) is 0 Å². The number of carbonyl (C=O) groups excluding carboxylic acids is 1. The Morgan fingerprint density at radius 2 is 1.72 bits per heavy atom. The zero-order chi connectivity index (χ0) is 18.7. The van der Waals surface area contributed by atoms with Crippen molar-refractivity contribution in [2.75, 3.05) is 13.1 Å². The van der Waals surface area contributed by atoms with Crippen LogP contribution in [0.15, 0.2) is 24.3 Å². The molecule has 0 spiro atoms. The number of likely N-dealkylation sites (tertiary alicyclic amines) is 1. The molecule has 0 aliphatic carbocycles. The van der Waals surface area contributed by atoms with Gasteiger partial charge in [0.1, 0.15) is 6.04 Å². The van der Waals surface area contributed by atoms with Gasteiger partial charge in [-0.1, -0.05) is 12.1 Å². The van der Waals surface area contributed by atoms with Crippen molar-refractivity contribution in [2.45, 2.75) is 44.1 Å². The monoisotopic (exact) mass is 368 g/mol. The number of urea groups is 1. The summed E-state index contributed by atoms with van der Waals surface area (Å²) in [6.45, 7) is 0.0849. The van der Waals surface area contributed by atoms with Crippen molar-refractivity contribution in [3.05, 3.63) is 35.4 Å². The first-order chi connectivity index (χ1) is 11.6. The summed E-state index contributed by atoms with van der Waals surface area (Å²) in [5, 5.41) is 2.41. The predicted octanol–water partition coefficient (Wildman–Crippen LogP) is 4.37. The standard InChI is InChI=1S/C16H18F6N2O/c17-15(18,19)12-6-4-11(5-7-12)8-9-23-14(25)24-10-2-1-3-13(24)16(20,21)22/h4-7,13H,1-3,8-10H2,(H,23,25). The minimum Gasteiger partial charge on any atom is -0.338 e. The second-order valence-corrected chi connectivity index (χ2v) is 5.92. The van der Waals surface area contributed by atoms with Crippen molar-refractivity contribution in [3.63, 3.8) is 0 Å². The molecule has 1 N–H and O–H groups in total. The highest BCUT2D eigenvalue weighted by Gasteiger charge is 2.46. The molecule has 0 aromatic heterocycles. The molecule has 1 aliphatic heterocycles. The molecule has 1 aromatic rings. The Morgan fingerprint density at radius 1 is 1.08 bits per heavy atom. The van der Waals surface area contributed by atoms with Crippen LogP contribution in [-0.2, 0) is 12.6 Å². The summed E-state index contributed by atoms with van der Waals surface area (Å²) in [7, 11) is 0. The van der Waals surface area contributed by atoms with E-state index in [9.17, 15) is 31.1 Å². The van der Waals surface area contributed by atoms with Gasteiger partial charge in [0.25, 0.3) is 0 Å². The second kappa shape index (κ2) is 7.53. The molecule has 25 heavy (non-hydrogen) atoms. The van der Waals surface area contributed by atoms with Crippen LogP contribution in [0.3, 0.4) is 0 Å². The van der Waals surface area contributed by atoms with E-state index >= 15 is 0 Å². The number of hydrogen-bond acceptors (Lipinski definition) is 1. The van der Waals surface area contributed by atoms with Gasteiger partial charge in [0, 0.05) is 13.1 Å². The lowest BCUT2D eigenvalue weighted by Crippen LogP contribution is -2.54. The molecule has 1 fully saturated rings. The van der Waals surface area contributed by atoms with Crippen LogP contribution in [0.25, 0.3) is 0 Å². The number of halogens is 6. The van der Waals surface area contributed by atoms with Gasteiger partial charge in [-0.25, -0.2) is 4.79 Å². The SMILES string of the molecule is O=C(NCCc1ccc(C(F)(F)F)cc1)N1CCCCC1C(F)(F)F. The summed E-state index contributed by atoms with van der Waals surface area (Å²) in [4.78, 5) is 12.8.